The topological polar surface area (TPSA) is 75.9 Å². The highest BCUT2D eigenvalue weighted by atomic mass is 32.1. The van der Waals surface area contributed by atoms with Gasteiger partial charge in [0.2, 0.25) is 5.41 Å². The molecule has 74 valence electrons. The van der Waals surface area contributed by atoms with Gasteiger partial charge in [0, 0.05) is 0 Å². The van der Waals surface area contributed by atoms with E-state index in [2.05, 4.69) is 9.36 Å². The van der Waals surface area contributed by atoms with Crippen molar-refractivity contribution >= 4 is 17.5 Å². The zero-order chi connectivity index (χ0) is 10.6. The Hall–Kier alpha value is -1.48. The first-order chi connectivity index (χ1) is 6.65. The number of ether oxygens (including phenoxy) is 1. The Labute approximate surface area is 85.5 Å². The molecule has 0 amide bonds. The number of hydrogen-bond acceptors (Lipinski definition) is 6. The van der Waals surface area contributed by atoms with Crippen molar-refractivity contribution in [2.45, 2.75) is 19.3 Å². The lowest BCUT2D eigenvalue weighted by Gasteiger charge is -2.15. The second kappa shape index (κ2) is 4.15. The molecule has 0 saturated heterocycles. The largest absolute Gasteiger partial charge is 0.464 e. The van der Waals surface area contributed by atoms with Crippen molar-refractivity contribution in [3.63, 3.8) is 0 Å². The van der Waals surface area contributed by atoms with Gasteiger partial charge in [-0.2, -0.15) is 9.64 Å². The van der Waals surface area contributed by atoms with Crippen molar-refractivity contribution in [2.75, 3.05) is 6.61 Å². The summed E-state index contributed by atoms with van der Waals surface area (Å²) in [5.41, 5.74) is -1.34. The molecular formula is C8H9N3O2S. The average Bonchev–Trinajstić information content (AvgIpc) is 2.70. The van der Waals surface area contributed by atoms with Gasteiger partial charge in [-0.25, -0.2) is 9.78 Å². The van der Waals surface area contributed by atoms with Gasteiger partial charge in [-0.15, -0.1) is 0 Å². The molecule has 1 aromatic heterocycles. The summed E-state index contributed by atoms with van der Waals surface area (Å²) in [7, 11) is 0. The minimum atomic E-state index is -1.34. The Morgan fingerprint density at radius 1 is 1.86 bits per heavy atom. The summed E-state index contributed by atoms with van der Waals surface area (Å²) in [6.07, 6.45) is 1.31. The van der Waals surface area contributed by atoms with Crippen LogP contribution in [0.2, 0.25) is 0 Å². The number of esters is 1. The van der Waals surface area contributed by atoms with Crippen molar-refractivity contribution in [3.05, 3.63) is 11.3 Å². The van der Waals surface area contributed by atoms with E-state index in [1.165, 1.54) is 13.3 Å². The second-order valence-corrected chi connectivity index (χ2v) is 3.48. The van der Waals surface area contributed by atoms with E-state index in [4.69, 9.17) is 10.00 Å². The van der Waals surface area contributed by atoms with E-state index in [0.717, 1.165) is 11.5 Å². The fraction of sp³-hybridized carbons (Fsp3) is 0.500. The first-order valence-electron chi connectivity index (χ1n) is 4.00. The Morgan fingerprint density at radius 3 is 3.00 bits per heavy atom. The first kappa shape index (κ1) is 10.6. The number of nitrogens with zero attached hydrogens (tertiary/aromatic N) is 3. The lowest BCUT2D eigenvalue weighted by atomic mass is 9.94. The predicted octanol–water partition coefficient (Wildman–Crippen LogP) is 0.882. The third-order valence-electron chi connectivity index (χ3n) is 1.70. The zero-order valence-electron chi connectivity index (χ0n) is 7.85. The lowest BCUT2D eigenvalue weighted by molar-refractivity contribution is -0.147. The summed E-state index contributed by atoms with van der Waals surface area (Å²) >= 11 is 1.02. The maximum absolute atomic E-state index is 11.5. The van der Waals surface area contributed by atoms with Crippen LogP contribution in [0, 0.1) is 11.3 Å². The highest BCUT2D eigenvalue weighted by Gasteiger charge is 2.40. The number of nitriles is 1. The molecule has 0 fully saturated rings. The Morgan fingerprint density at radius 2 is 2.57 bits per heavy atom. The van der Waals surface area contributed by atoms with E-state index < -0.39 is 11.4 Å². The number of aromatic nitrogens is 2. The molecule has 1 unspecified atom stereocenters. The molecule has 0 N–H and O–H groups in total. The summed E-state index contributed by atoms with van der Waals surface area (Å²) in [4.78, 5) is 15.3. The molecule has 1 rings (SSSR count). The van der Waals surface area contributed by atoms with Gasteiger partial charge >= 0.3 is 5.97 Å². The molecule has 1 aromatic rings. The molecule has 14 heavy (non-hydrogen) atoms. The number of carbonyl (C=O) groups excluding carboxylic acids is 1. The summed E-state index contributed by atoms with van der Waals surface area (Å²) in [5, 5.41) is 9.30. The van der Waals surface area contributed by atoms with Gasteiger partial charge in [0.25, 0.3) is 0 Å². The van der Waals surface area contributed by atoms with Gasteiger partial charge in [-0.1, -0.05) is 0 Å². The number of rotatable bonds is 3. The minimum Gasteiger partial charge on any atom is -0.464 e. The van der Waals surface area contributed by atoms with E-state index >= 15 is 0 Å². The molecular weight excluding hydrogens is 202 g/mol. The lowest BCUT2D eigenvalue weighted by Crippen LogP contribution is -2.32. The van der Waals surface area contributed by atoms with Crippen LogP contribution in [0.3, 0.4) is 0 Å². The SMILES string of the molecule is CCOC(=O)C(C)(C#N)c1ncns1. The van der Waals surface area contributed by atoms with Crippen molar-refractivity contribution < 1.29 is 9.53 Å². The third kappa shape index (κ3) is 1.72. The van der Waals surface area contributed by atoms with Crippen molar-refractivity contribution in [1.82, 2.24) is 9.36 Å². The van der Waals surface area contributed by atoms with E-state index in [-0.39, 0.29) is 6.61 Å². The van der Waals surface area contributed by atoms with E-state index in [1.807, 2.05) is 6.07 Å². The van der Waals surface area contributed by atoms with E-state index in [1.54, 1.807) is 6.92 Å². The van der Waals surface area contributed by atoms with Crippen molar-refractivity contribution in [2.24, 2.45) is 0 Å². The van der Waals surface area contributed by atoms with Gasteiger partial charge in [-0.05, 0) is 25.4 Å². The maximum atomic E-state index is 11.5. The van der Waals surface area contributed by atoms with Gasteiger partial charge in [0.05, 0.1) is 12.7 Å². The number of carbonyl (C=O) groups is 1. The molecule has 5 nitrogen and oxygen atoms in total. The molecule has 0 aliphatic heterocycles. The average molecular weight is 211 g/mol. The van der Waals surface area contributed by atoms with Crippen molar-refractivity contribution in [1.29, 1.82) is 5.26 Å². The highest BCUT2D eigenvalue weighted by molar-refractivity contribution is 7.05. The van der Waals surface area contributed by atoms with Gasteiger partial charge in [0.15, 0.2) is 0 Å². The molecule has 1 atom stereocenters. The van der Waals surface area contributed by atoms with Gasteiger partial charge in [0.1, 0.15) is 11.3 Å². The quantitative estimate of drug-likeness (QED) is 0.694. The number of hydrogen-bond donors (Lipinski definition) is 0. The van der Waals surface area contributed by atoms with Crippen LogP contribution in [0.25, 0.3) is 0 Å². The molecule has 0 bridgehead atoms. The molecule has 0 aliphatic carbocycles. The maximum Gasteiger partial charge on any atom is 0.333 e. The Kier molecular flexibility index (Phi) is 3.14. The predicted molar refractivity (Wildman–Crippen MR) is 49.5 cm³/mol. The van der Waals surface area contributed by atoms with Crippen LogP contribution in [0.15, 0.2) is 6.33 Å². The highest BCUT2D eigenvalue weighted by Crippen LogP contribution is 2.25. The minimum absolute atomic E-state index is 0.245. The summed E-state index contributed by atoms with van der Waals surface area (Å²) < 4.78 is 8.55. The van der Waals surface area contributed by atoms with Crippen LogP contribution >= 0.6 is 11.5 Å². The molecule has 1 heterocycles. The van der Waals surface area contributed by atoms with Crippen LogP contribution in [0.5, 0.6) is 0 Å². The standard InChI is InChI=1S/C8H9N3O2S/c1-3-13-7(12)8(2,4-9)6-10-5-11-14-6/h5H,3H2,1-2H3. The Bertz CT molecular complexity index is 357. The smallest absolute Gasteiger partial charge is 0.333 e. The van der Waals surface area contributed by atoms with E-state index in [9.17, 15) is 4.79 Å². The van der Waals surface area contributed by atoms with Crippen LogP contribution in [-0.2, 0) is 14.9 Å². The van der Waals surface area contributed by atoms with E-state index in [0.29, 0.717) is 5.01 Å². The zero-order valence-corrected chi connectivity index (χ0v) is 8.67. The van der Waals surface area contributed by atoms with Crippen LogP contribution in [0.4, 0.5) is 0 Å². The van der Waals surface area contributed by atoms with Crippen LogP contribution in [-0.4, -0.2) is 21.9 Å². The summed E-state index contributed by atoms with van der Waals surface area (Å²) in [5.74, 6) is -0.584. The van der Waals surface area contributed by atoms with Crippen molar-refractivity contribution in [3.8, 4) is 6.07 Å². The molecule has 0 spiro atoms. The third-order valence-corrected chi connectivity index (χ3v) is 2.58. The van der Waals surface area contributed by atoms with Gasteiger partial charge in [-0.3, -0.25) is 0 Å². The summed E-state index contributed by atoms with van der Waals surface area (Å²) in [6, 6.07) is 1.90. The normalized spacial score (nSPS) is 14.1. The summed E-state index contributed by atoms with van der Waals surface area (Å²) in [6.45, 7) is 3.41. The fourth-order valence-electron chi connectivity index (χ4n) is 0.850. The first-order valence-corrected chi connectivity index (χ1v) is 4.78. The monoisotopic (exact) mass is 211 g/mol. The van der Waals surface area contributed by atoms with Crippen LogP contribution < -0.4 is 0 Å². The fourth-order valence-corrected chi connectivity index (χ4v) is 1.45. The molecule has 0 aliphatic rings. The molecule has 6 heteroatoms. The second-order valence-electron chi connectivity index (χ2n) is 2.70. The van der Waals surface area contributed by atoms with Crippen LogP contribution in [0.1, 0.15) is 18.9 Å². The molecule has 0 saturated carbocycles. The Balaban J connectivity index is 3.00. The molecule has 0 aromatic carbocycles. The van der Waals surface area contributed by atoms with Gasteiger partial charge < -0.3 is 4.74 Å². The molecule has 0 radical (unpaired) electrons.